The first-order chi connectivity index (χ1) is 8.69. The van der Waals surface area contributed by atoms with E-state index in [0.717, 1.165) is 30.6 Å². The normalized spacial score (nSPS) is 11.9. The van der Waals surface area contributed by atoms with Crippen LogP contribution >= 0.6 is 0 Å². The molecule has 0 fully saturated rings. The van der Waals surface area contributed by atoms with Gasteiger partial charge in [0.05, 0.1) is 7.11 Å². The summed E-state index contributed by atoms with van der Waals surface area (Å²) in [7, 11) is 1.64. The van der Waals surface area contributed by atoms with Gasteiger partial charge in [0.15, 0.2) is 0 Å². The Morgan fingerprint density at radius 2 is 2.28 bits per heavy atom. The van der Waals surface area contributed by atoms with Crippen molar-refractivity contribution in [2.75, 3.05) is 13.7 Å². The summed E-state index contributed by atoms with van der Waals surface area (Å²) in [5.74, 6) is 0.493. The van der Waals surface area contributed by atoms with E-state index in [2.05, 4.69) is 12.2 Å². The highest BCUT2D eigenvalue weighted by Gasteiger charge is 2.11. The van der Waals surface area contributed by atoms with Crippen LogP contribution in [0.15, 0.2) is 24.3 Å². The molecule has 1 aromatic carbocycles. The molecule has 0 aliphatic rings. The Labute approximate surface area is 108 Å². The molecule has 0 saturated heterocycles. The van der Waals surface area contributed by atoms with E-state index in [1.807, 2.05) is 24.3 Å². The van der Waals surface area contributed by atoms with Crippen molar-refractivity contribution in [3.63, 3.8) is 0 Å². The molecule has 0 heterocycles. The Morgan fingerprint density at radius 1 is 1.50 bits per heavy atom. The van der Waals surface area contributed by atoms with Crippen LogP contribution in [-0.2, 0) is 11.2 Å². The minimum atomic E-state index is -0.460. The first-order valence-electron chi connectivity index (χ1n) is 6.22. The Bertz CT molecular complexity index is 379. The van der Waals surface area contributed by atoms with Crippen LogP contribution in [0, 0.1) is 0 Å². The van der Waals surface area contributed by atoms with E-state index in [1.54, 1.807) is 7.11 Å². The highest BCUT2D eigenvalue weighted by atomic mass is 16.5. The molecule has 0 aromatic heterocycles. The van der Waals surface area contributed by atoms with E-state index in [-0.39, 0.29) is 11.9 Å². The van der Waals surface area contributed by atoms with Crippen LogP contribution in [0.4, 0.5) is 0 Å². The summed E-state index contributed by atoms with van der Waals surface area (Å²) >= 11 is 0. The number of benzene rings is 1. The lowest BCUT2D eigenvalue weighted by molar-refractivity contribution is -0.124. The van der Waals surface area contributed by atoms with Gasteiger partial charge in [0.2, 0.25) is 5.91 Å². The predicted octanol–water partition coefficient (Wildman–Crippen LogP) is 1.51. The van der Waals surface area contributed by atoms with Crippen LogP contribution < -0.4 is 10.1 Å². The largest absolute Gasteiger partial charge is 0.497 e. The van der Waals surface area contributed by atoms with Crippen molar-refractivity contribution < 1.29 is 14.6 Å². The van der Waals surface area contributed by atoms with Crippen LogP contribution in [0.1, 0.15) is 25.3 Å². The fourth-order valence-corrected chi connectivity index (χ4v) is 1.93. The highest BCUT2D eigenvalue weighted by Crippen LogP contribution is 2.15. The van der Waals surface area contributed by atoms with Crippen molar-refractivity contribution in [1.82, 2.24) is 5.32 Å². The lowest BCUT2D eigenvalue weighted by atomic mass is 10.0. The van der Waals surface area contributed by atoms with Gasteiger partial charge in [-0.25, -0.2) is 0 Å². The lowest BCUT2D eigenvalue weighted by Gasteiger charge is -2.18. The van der Waals surface area contributed by atoms with Gasteiger partial charge in [0.1, 0.15) is 12.4 Å². The average Bonchev–Trinajstić information content (AvgIpc) is 2.39. The number of aliphatic hydroxyl groups is 1. The van der Waals surface area contributed by atoms with Gasteiger partial charge in [-0.15, -0.1) is 0 Å². The maximum Gasteiger partial charge on any atom is 0.245 e. The van der Waals surface area contributed by atoms with Crippen LogP contribution in [0.25, 0.3) is 0 Å². The van der Waals surface area contributed by atoms with Crippen molar-refractivity contribution in [1.29, 1.82) is 0 Å². The third kappa shape index (κ3) is 4.75. The lowest BCUT2D eigenvalue weighted by Crippen LogP contribution is -2.38. The second kappa shape index (κ2) is 7.71. The molecule has 18 heavy (non-hydrogen) atoms. The third-order valence-corrected chi connectivity index (χ3v) is 2.76. The molecule has 0 radical (unpaired) electrons. The van der Waals surface area contributed by atoms with Gasteiger partial charge in [-0.2, -0.15) is 0 Å². The van der Waals surface area contributed by atoms with Gasteiger partial charge in [-0.3, -0.25) is 4.79 Å². The highest BCUT2D eigenvalue weighted by molar-refractivity contribution is 5.77. The van der Waals surface area contributed by atoms with E-state index in [1.165, 1.54) is 0 Å². The van der Waals surface area contributed by atoms with Gasteiger partial charge >= 0.3 is 0 Å². The SMILES string of the molecule is CCC[C@@H](Cc1cccc(OC)c1)NC(=O)CO. The molecule has 0 aliphatic carbocycles. The van der Waals surface area contributed by atoms with Crippen molar-refractivity contribution >= 4 is 5.91 Å². The zero-order chi connectivity index (χ0) is 13.4. The summed E-state index contributed by atoms with van der Waals surface area (Å²) in [4.78, 5) is 11.2. The predicted molar refractivity (Wildman–Crippen MR) is 70.6 cm³/mol. The first-order valence-corrected chi connectivity index (χ1v) is 6.22. The zero-order valence-electron chi connectivity index (χ0n) is 11.0. The molecule has 1 amide bonds. The molecule has 0 unspecified atom stereocenters. The fraction of sp³-hybridized carbons (Fsp3) is 0.500. The molecule has 2 N–H and O–H groups in total. The Hall–Kier alpha value is -1.55. The number of hydrogen-bond donors (Lipinski definition) is 2. The molecule has 1 atom stereocenters. The molecule has 4 nitrogen and oxygen atoms in total. The second-order valence-corrected chi connectivity index (χ2v) is 4.27. The summed E-state index contributed by atoms with van der Waals surface area (Å²) in [5.41, 5.74) is 1.12. The monoisotopic (exact) mass is 251 g/mol. The number of hydrogen-bond acceptors (Lipinski definition) is 3. The van der Waals surface area contributed by atoms with E-state index >= 15 is 0 Å². The number of rotatable bonds is 7. The standard InChI is InChI=1S/C14H21NO3/c1-3-5-12(15-14(17)10-16)8-11-6-4-7-13(9-11)18-2/h4,6-7,9,12,16H,3,5,8,10H2,1-2H3,(H,15,17)/t12-/m0/s1. The van der Waals surface area contributed by atoms with Crippen molar-refractivity contribution in [3.8, 4) is 5.75 Å². The molecule has 1 rings (SSSR count). The van der Waals surface area contributed by atoms with Crippen molar-refractivity contribution in [2.45, 2.75) is 32.2 Å². The summed E-state index contributed by atoms with van der Waals surface area (Å²) in [6, 6.07) is 7.86. The first kappa shape index (κ1) is 14.5. The van der Waals surface area contributed by atoms with E-state index in [9.17, 15) is 4.79 Å². The maximum absolute atomic E-state index is 11.2. The van der Waals surface area contributed by atoms with E-state index in [0.29, 0.717) is 0 Å². The molecule has 0 aliphatic heterocycles. The van der Waals surface area contributed by atoms with Crippen LogP contribution in [0.5, 0.6) is 5.75 Å². The quantitative estimate of drug-likeness (QED) is 0.772. The smallest absolute Gasteiger partial charge is 0.245 e. The molecular formula is C14H21NO3. The number of carbonyl (C=O) groups excluding carboxylic acids is 1. The number of carbonyl (C=O) groups is 1. The molecule has 4 heteroatoms. The molecule has 0 spiro atoms. The zero-order valence-corrected chi connectivity index (χ0v) is 11.0. The number of ether oxygens (including phenoxy) is 1. The fourth-order valence-electron chi connectivity index (χ4n) is 1.93. The average molecular weight is 251 g/mol. The third-order valence-electron chi connectivity index (χ3n) is 2.76. The Morgan fingerprint density at radius 3 is 2.89 bits per heavy atom. The minimum absolute atomic E-state index is 0.0572. The summed E-state index contributed by atoms with van der Waals surface area (Å²) in [5, 5.41) is 11.6. The van der Waals surface area contributed by atoms with Crippen LogP contribution in [-0.4, -0.2) is 30.8 Å². The van der Waals surface area contributed by atoms with Gasteiger partial charge in [0, 0.05) is 6.04 Å². The van der Waals surface area contributed by atoms with Crippen molar-refractivity contribution in [3.05, 3.63) is 29.8 Å². The molecule has 100 valence electrons. The second-order valence-electron chi connectivity index (χ2n) is 4.27. The van der Waals surface area contributed by atoms with Gasteiger partial charge in [-0.1, -0.05) is 25.5 Å². The number of nitrogens with one attached hydrogen (secondary N) is 1. The van der Waals surface area contributed by atoms with Gasteiger partial charge in [-0.05, 0) is 30.5 Å². The maximum atomic E-state index is 11.2. The minimum Gasteiger partial charge on any atom is -0.497 e. The summed E-state index contributed by atoms with van der Waals surface area (Å²) < 4.78 is 5.17. The number of amides is 1. The topological polar surface area (TPSA) is 58.6 Å². The molecule has 0 saturated carbocycles. The summed E-state index contributed by atoms with van der Waals surface area (Å²) in [6.45, 7) is 1.61. The van der Waals surface area contributed by atoms with E-state index in [4.69, 9.17) is 9.84 Å². The Balaban J connectivity index is 2.66. The van der Waals surface area contributed by atoms with Gasteiger partial charge in [0.25, 0.3) is 0 Å². The van der Waals surface area contributed by atoms with Crippen LogP contribution in [0.2, 0.25) is 0 Å². The summed E-state index contributed by atoms with van der Waals surface area (Å²) in [6.07, 6.45) is 2.63. The molecule has 0 bridgehead atoms. The molecular weight excluding hydrogens is 230 g/mol. The Kier molecular flexibility index (Phi) is 6.22. The van der Waals surface area contributed by atoms with Crippen molar-refractivity contribution in [2.24, 2.45) is 0 Å². The molecule has 1 aromatic rings. The number of methoxy groups -OCH3 is 1. The van der Waals surface area contributed by atoms with E-state index < -0.39 is 6.61 Å². The number of aliphatic hydroxyl groups excluding tert-OH is 1. The van der Waals surface area contributed by atoms with Crippen LogP contribution in [0.3, 0.4) is 0 Å². The van der Waals surface area contributed by atoms with Gasteiger partial charge < -0.3 is 15.2 Å².